The molecule has 0 saturated carbocycles. The smallest absolute Gasteiger partial charge is 0.354 e. The van der Waals surface area contributed by atoms with Crippen LogP contribution in [0.3, 0.4) is 0 Å². The van der Waals surface area contributed by atoms with Crippen molar-refractivity contribution in [3.63, 3.8) is 0 Å². The summed E-state index contributed by atoms with van der Waals surface area (Å²) in [6.07, 6.45) is 1.11. The topological polar surface area (TPSA) is 72.3 Å². The number of carboxylic acids is 1. The van der Waals surface area contributed by atoms with Gasteiger partial charge in [0.2, 0.25) is 0 Å². The quantitative estimate of drug-likeness (QED) is 0.899. The van der Waals surface area contributed by atoms with E-state index in [9.17, 15) is 9.18 Å². The summed E-state index contributed by atoms with van der Waals surface area (Å²) in [5.41, 5.74) is 0.507. The van der Waals surface area contributed by atoms with Crippen LogP contribution < -0.4 is 4.74 Å². The molecule has 2 aromatic rings. The van der Waals surface area contributed by atoms with Crippen LogP contribution >= 0.6 is 0 Å². The van der Waals surface area contributed by atoms with Crippen molar-refractivity contribution in [3.05, 3.63) is 42.1 Å². The van der Waals surface area contributed by atoms with Crippen molar-refractivity contribution in [1.29, 1.82) is 0 Å². The van der Waals surface area contributed by atoms with Gasteiger partial charge in [-0.25, -0.2) is 19.2 Å². The van der Waals surface area contributed by atoms with E-state index in [-0.39, 0.29) is 5.69 Å². The van der Waals surface area contributed by atoms with Crippen LogP contribution in [0.2, 0.25) is 0 Å². The van der Waals surface area contributed by atoms with Gasteiger partial charge in [0.25, 0.3) is 0 Å². The first-order chi connectivity index (χ1) is 8.61. The first kappa shape index (κ1) is 12.0. The molecular formula is C12H9FN2O3. The molecule has 1 heterocycles. The second kappa shape index (κ2) is 4.79. The molecule has 0 aliphatic carbocycles. The van der Waals surface area contributed by atoms with Gasteiger partial charge in [-0.3, -0.25) is 0 Å². The third kappa shape index (κ3) is 2.27. The van der Waals surface area contributed by atoms with Crippen molar-refractivity contribution >= 4 is 5.97 Å². The van der Waals surface area contributed by atoms with Gasteiger partial charge in [-0.1, -0.05) is 0 Å². The maximum Gasteiger partial charge on any atom is 0.354 e. The number of nitrogens with zero attached hydrogens (tertiary/aromatic N) is 2. The van der Waals surface area contributed by atoms with Crippen molar-refractivity contribution < 1.29 is 19.0 Å². The van der Waals surface area contributed by atoms with E-state index in [1.165, 1.54) is 31.4 Å². The number of halogens is 1. The third-order valence-electron chi connectivity index (χ3n) is 2.32. The maximum atomic E-state index is 13.2. The molecule has 0 bridgehead atoms. The number of aromatic carboxylic acids is 1. The molecule has 6 heteroatoms. The lowest BCUT2D eigenvalue weighted by atomic mass is 10.1. The highest BCUT2D eigenvalue weighted by molar-refractivity contribution is 5.86. The fraction of sp³-hybridized carbons (Fsp3) is 0.0833. The molecule has 92 valence electrons. The normalized spacial score (nSPS) is 10.1. The molecule has 0 aliphatic heterocycles. The Bertz CT molecular complexity index is 602. The highest BCUT2D eigenvalue weighted by Gasteiger charge is 2.12. The molecule has 0 unspecified atom stereocenters. The molecule has 0 amide bonds. The van der Waals surface area contributed by atoms with Crippen molar-refractivity contribution in [2.24, 2.45) is 0 Å². The predicted octanol–water partition coefficient (Wildman–Crippen LogP) is 1.99. The van der Waals surface area contributed by atoms with Gasteiger partial charge in [-0.05, 0) is 24.3 Å². The molecule has 18 heavy (non-hydrogen) atoms. The third-order valence-corrected chi connectivity index (χ3v) is 2.32. The Morgan fingerprint density at radius 3 is 2.78 bits per heavy atom. The summed E-state index contributed by atoms with van der Waals surface area (Å²) in [7, 11) is 1.44. The molecule has 0 aliphatic rings. The van der Waals surface area contributed by atoms with Crippen molar-refractivity contribution in [2.75, 3.05) is 7.11 Å². The van der Waals surface area contributed by atoms with Gasteiger partial charge < -0.3 is 9.84 Å². The van der Waals surface area contributed by atoms with Crippen LogP contribution in [-0.2, 0) is 0 Å². The zero-order valence-corrected chi connectivity index (χ0v) is 9.42. The fourth-order valence-corrected chi connectivity index (χ4v) is 1.50. The molecule has 0 atom stereocenters. The molecule has 0 saturated heterocycles. The number of rotatable bonds is 3. The Morgan fingerprint density at radius 1 is 1.33 bits per heavy atom. The van der Waals surface area contributed by atoms with Gasteiger partial charge in [0, 0.05) is 5.56 Å². The lowest BCUT2D eigenvalue weighted by molar-refractivity contribution is 0.0690. The van der Waals surface area contributed by atoms with E-state index in [1.807, 2.05) is 0 Å². The van der Waals surface area contributed by atoms with Crippen LogP contribution in [0, 0.1) is 5.82 Å². The van der Waals surface area contributed by atoms with Crippen LogP contribution in [0.5, 0.6) is 5.75 Å². The van der Waals surface area contributed by atoms with Crippen molar-refractivity contribution in [2.45, 2.75) is 0 Å². The van der Waals surface area contributed by atoms with E-state index in [4.69, 9.17) is 9.84 Å². The number of aromatic nitrogens is 2. The van der Waals surface area contributed by atoms with E-state index in [0.29, 0.717) is 17.0 Å². The molecule has 0 radical (unpaired) electrons. The summed E-state index contributed by atoms with van der Waals surface area (Å²) in [4.78, 5) is 18.3. The monoisotopic (exact) mass is 248 g/mol. The second-order valence-electron chi connectivity index (χ2n) is 3.44. The van der Waals surface area contributed by atoms with Crippen LogP contribution in [-0.4, -0.2) is 28.2 Å². The number of methoxy groups -OCH3 is 1. The average Bonchev–Trinajstić information content (AvgIpc) is 2.39. The number of carbonyl (C=O) groups is 1. The molecule has 5 nitrogen and oxygen atoms in total. The predicted molar refractivity (Wildman–Crippen MR) is 60.9 cm³/mol. The minimum Gasteiger partial charge on any atom is -0.496 e. The minimum atomic E-state index is -1.17. The number of carboxylic acid groups (broad SMARTS) is 1. The molecule has 0 spiro atoms. The largest absolute Gasteiger partial charge is 0.496 e. The minimum absolute atomic E-state index is 0.161. The Balaban J connectivity index is 2.57. The van der Waals surface area contributed by atoms with Gasteiger partial charge in [-0.2, -0.15) is 0 Å². The van der Waals surface area contributed by atoms with Crippen LogP contribution in [0.4, 0.5) is 4.39 Å². The summed E-state index contributed by atoms with van der Waals surface area (Å²) in [5, 5.41) is 8.84. The van der Waals surface area contributed by atoms with Gasteiger partial charge in [0.05, 0.1) is 12.8 Å². The number of ether oxygens (including phenoxy) is 1. The van der Waals surface area contributed by atoms with Crippen LogP contribution in [0.15, 0.2) is 30.6 Å². The maximum absolute atomic E-state index is 13.2. The summed E-state index contributed by atoms with van der Waals surface area (Å²) < 4.78 is 18.3. The first-order valence-electron chi connectivity index (χ1n) is 5.01. The van der Waals surface area contributed by atoms with E-state index < -0.39 is 11.8 Å². The zero-order valence-electron chi connectivity index (χ0n) is 9.42. The Hall–Kier alpha value is -2.50. The molecular weight excluding hydrogens is 239 g/mol. The van der Waals surface area contributed by atoms with Crippen LogP contribution in [0.1, 0.15) is 10.5 Å². The van der Waals surface area contributed by atoms with Gasteiger partial charge >= 0.3 is 5.97 Å². The number of hydrogen-bond acceptors (Lipinski definition) is 4. The Labute approximate surface area is 102 Å². The lowest BCUT2D eigenvalue weighted by Gasteiger charge is -2.08. The van der Waals surface area contributed by atoms with Gasteiger partial charge in [0.15, 0.2) is 5.69 Å². The standard InChI is InChI=1S/C12H9FN2O3/c1-18-11-3-2-7(13)4-8(11)9-5-10(12(16)17)15-6-14-9/h2-6H,1H3,(H,16,17). The summed E-state index contributed by atoms with van der Waals surface area (Å²) >= 11 is 0. The van der Waals surface area contributed by atoms with Crippen molar-refractivity contribution in [1.82, 2.24) is 9.97 Å². The number of benzene rings is 1. The van der Waals surface area contributed by atoms with Crippen LogP contribution in [0.25, 0.3) is 11.3 Å². The Morgan fingerprint density at radius 2 is 2.11 bits per heavy atom. The highest BCUT2D eigenvalue weighted by atomic mass is 19.1. The summed E-state index contributed by atoms with van der Waals surface area (Å²) in [6.45, 7) is 0. The fourth-order valence-electron chi connectivity index (χ4n) is 1.50. The Kier molecular flexibility index (Phi) is 3.18. The second-order valence-corrected chi connectivity index (χ2v) is 3.44. The average molecular weight is 248 g/mol. The van der Waals surface area contributed by atoms with Gasteiger partial charge in [0.1, 0.15) is 17.9 Å². The molecule has 1 aromatic heterocycles. The van der Waals surface area contributed by atoms with E-state index in [2.05, 4.69) is 9.97 Å². The number of hydrogen-bond donors (Lipinski definition) is 1. The van der Waals surface area contributed by atoms with E-state index in [1.54, 1.807) is 0 Å². The zero-order chi connectivity index (χ0) is 13.1. The summed E-state index contributed by atoms with van der Waals surface area (Å²) in [5.74, 6) is -1.22. The molecule has 1 aromatic carbocycles. The van der Waals surface area contributed by atoms with Gasteiger partial charge in [-0.15, -0.1) is 0 Å². The lowest BCUT2D eigenvalue weighted by Crippen LogP contribution is -2.01. The molecule has 1 N–H and O–H groups in total. The SMILES string of the molecule is COc1ccc(F)cc1-c1cc(C(=O)O)ncn1. The van der Waals surface area contributed by atoms with E-state index in [0.717, 1.165) is 6.33 Å². The summed E-state index contributed by atoms with van der Waals surface area (Å²) in [6, 6.07) is 5.20. The highest BCUT2D eigenvalue weighted by Crippen LogP contribution is 2.29. The molecule has 0 fully saturated rings. The van der Waals surface area contributed by atoms with Crippen molar-refractivity contribution in [3.8, 4) is 17.0 Å². The van der Waals surface area contributed by atoms with E-state index >= 15 is 0 Å². The first-order valence-corrected chi connectivity index (χ1v) is 5.01. The molecule has 2 rings (SSSR count).